The number of ether oxygens (including phenoxy) is 1. The second kappa shape index (κ2) is 6.40. The molecule has 0 heterocycles. The van der Waals surface area contributed by atoms with Crippen LogP contribution < -0.4 is 4.74 Å². The molecule has 1 atom stereocenters. The van der Waals surface area contributed by atoms with Crippen molar-refractivity contribution >= 4 is 5.97 Å². The fourth-order valence-electron chi connectivity index (χ4n) is 1.69. The third-order valence-corrected chi connectivity index (χ3v) is 2.63. The summed E-state index contributed by atoms with van der Waals surface area (Å²) in [5.41, 5.74) is 0.993. The Kier molecular flexibility index (Phi) is 5.16. The zero-order valence-electron chi connectivity index (χ0n) is 11.4. The molecular weight excluding hydrogens is 230 g/mol. The van der Waals surface area contributed by atoms with Crippen LogP contribution >= 0.6 is 0 Å². The third-order valence-electron chi connectivity index (χ3n) is 2.63. The first-order chi connectivity index (χ1) is 8.40. The molecule has 1 rings (SSSR count). The summed E-state index contributed by atoms with van der Waals surface area (Å²) in [6.07, 6.45) is 0.633. The van der Waals surface area contributed by atoms with Crippen LogP contribution in [0.5, 0.6) is 5.75 Å². The first-order valence-electron chi connectivity index (χ1n) is 6.05. The molecule has 0 aromatic heterocycles. The monoisotopic (exact) mass is 251 g/mol. The highest BCUT2D eigenvalue weighted by Gasteiger charge is 2.19. The maximum Gasteiger partial charge on any atom is 0.321 e. The molecule has 0 aliphatic carbocycles. The van der Waals surface area contributed by atoms with E-state index in [0.717, 1.165) is 11.3 Å². The van der Waals surface area contributed by atoms with Gasteiger partial charge in [0.2, 0.25) is 0 Å². The van der Waals surface area contributed by atoms with Crippen LogP contribution in [0.3, 0.4) is 0 Å². The highest BCUT2D eigenvalue weighted by atomic mass is 16.5. The molecule has 0 fully saturated rings. The molecule has 1 aromatic carbocycles. The number of carboxylic acids is 1. The van der Waals surface area contributed by atoms with Crippen molar-refractivity contribution in [3.05, 3.63) is 29.8 Å². The number of nitrogens with zero attached hydrogens (tertiary/aromatic N) is 1. The predicted molar refractivity (Wildman–Crippen MR) is 71.0 cm³/mol. The summed E-state index contributed by atoms with van der Waals surface area (Å²) in [6, 6.07) is 7.09. The van der Waals surface area contributed by atoms with E-state index in [4.69, 9.17) is 9.84 Å². The molecule has 4 heteroatoms. The van der Waals surface area contributed by atoms with E-state index in [1.807, 2.05) is 38.1 Å². The topological polar surface area (TPSA) is 49.8 Å². The van der Waals surface area contributed by atoms with Crippen LogP contribution in [0.25, 0.3) is 0 Å². The standard InChI is InChI=1S/C14H21NO3/c1-10(2)18-12-7-5-11(6-8-12)9-13(14(16)17)15(3)4/h5-8,10,13H,9H2,1-4H3,(H,16,17)/t13-/m0/s1. The molecule has 0 spiro atoms. The van der Waals surface area contributed by atoms with Gasteiger partial charge in [-0.15, -0.1) is 0 Å². The van der Waals surface area contributed by atoms with Gasteiger partial charge in [0.1, 0.15) is 11.8 Å². The number of aliphatic carboxylic acids is 1. The van der Waals surface area contributed by atoms with Crippen molar-refractivity contribution in [1.29, 1.82) is 0 Å². The number of hydrogen-bond acceptors (Lipinski definition) is 3. The Balaban J connectivity index is 2.70. The number of hydrogen-bond donors (Lipinski definition) is 1. The minimum Gasteiger partial charge on any atom is -0.491 e. The lowest BCUT2D eigenvalue weighted by atomic mass is 10.1. The molecule has 0 radical (unpaired) electrons. The van der Waals surface area contributed by atoms with Gasteiger partial charge in [0.15, 0.2) is 0 Å². The maximum absolute atomic E-state index is 11.1. The molecule has 4 nitrogen and oxygen atoms in total. The maximum atomic E-state index is 11.1. The number of benzene rings is 1. The van der Waals surface area contributed by atoms with Gasteiger partial charge >= 0.3 is 5.97 Å². The Hall–Kier alpha value is -1.55. The summed E-state index contributed by atoms with van der Waals surface area (Å²) >= 11 is 0. The quantitative estimate of drug-likeness (QED) is 0.840. The number of carboxylic acid groups (broad SMARTS) is 1. The average Bonchev–Trinajstić information content (AvgIpc) is 2.26. The van der Waals surface area contributed by atoms with Crippen molar-refractivity contribution in [3.63, 3.8) is 0 Å². The Morgan fingerprint density at radius 1 is 1.28 bits per heavy atom. The van der Waals surface area contributed by atoms with Gasteiger partial charge in [-0.2, -0.15) is 0 Å². The van der Waals surface area contributed by atoms with Gasteiger partial charge in [-0.05, 0) is 52.1 Å². The summed E-state index contributed by atoms with van der Waals surface area (Å²) in [4.78, 5) is 12.8. The Bertz CT molecular complexity index is 385. The Labute approximate surface area is 108 Å². The number of rotatable bonds is 6. The van der Waals surface area contributed by atoms with Crippen LogP contribution in [0.4, 0.5) is 0 Å². The summed E-state index contributed by atoms with van der Waals surface area (Å²) in [5, 5.41) is 9.11. The largest absolute Gasteiger partial charge is 0.491 e. The molecule has 0 saturated heterocycles. The van der Waals surface area contributed by atoms with E-state index in [9.17, 15) is 4.79 Å². The molecular formula is C14H21NO3. The average molecular weight is 251 g/mol. The number of carbonyl (C=O) groups is 1. The number of likely N-dealkylation sites (N-methyl/N-ethyl adjacent to an activating group) is 1. The van der Waals surface area contributed by atoms with E-state index in [1.54, 1.807) is 19.0 Å². The third kappa shape index (κ3) is 4.37. The van der Waals surface area contributed by atoms with Crippen molar-refractivity contribution in [2.24, 2.45) is 0 Å². The second-order valence-electron chi connectivity index (χ2n) is 4.83. The molecule has 18 heavy (non-hydrogen) atoms. The van der Waals surface area contributed by atoms with Crippen LogP contribution in [-0.2, 0) is 11.2 Å². The highest BCUT2D eigenvalue weighted by Crippen LogP contribution is 2.15. The van der Waals surface area contributed by atoms with E-state index in [0.29, 0.717) is 6.42 Å². The molecule has 1 N–H and O–H groups in total. The fraction of sp³-hybridized carbons (Fsp3) is 0.500. The Morgan fingerprint density at radius 3 is 2.22 bits per heavy atom. The molecule has 0 saturated carbocycles. The lowest BCUT2D eigenvalue weighted by Gasteiger charge is -2.20. The van der Waals surface area contributed by atoms with Crippen molar-refractivity contribution in [2.75, 3.05) is 14.1 Å². The molecule has 0 bridgehead atoms. The van der Waals surface area contributed by atoms with E-state index in [2.05, 4.69) is 0 Å². The highest BCUT2D eigenvalue weighted by molar-refractivity contribution is 5.73. The Morgan fingerprint density at radius 2 is 1.83 bits per heavy atom. The zero-order chi connectivity index (χ0) is 13.7. The van der Waals surface area contributed by atoms with E-state index in [-0.39, 0.29) is 6.10 Å². The fourth-order valence-corrected chi connectivity index (χ4v) is 1.69. The van der Waals surface area contributed by atoms with Gasteiger partial charge in [-0.1, -0.05) is 12.1 Å². The summed E-state index contributed by atoms with van der Waals surface area (Å²) in [6.45, 7) is 3.95. The molecule has 100 valence electrons. The van der Waals surface area contributed by atoms with E-state index >= 15 is 0 Å². The van der Waals surface area contributed by atoms with Crippen LogP contribution in [-0.4, -0.2) is 42.2 Å². The predicted octanol–water partition coefficient (Wildman–Crippen LogP) is 2.03. The minimum atomic E-state index is -0.803. The SMILES string of the molecule is CC(C)Oc1ccc(C[C@@H](C(=O)O)N(C)C)cc1. The zero-order valence-corrected chi connectivity index (χ0v) is 11.4. The lowest BCUT2D eigenvalue weighted by Crippen LogP contribution is -2.37. The van der Waals surface area contributed by atoms with Crippen LogP contribution in [0.2, 0.25) is 0 Å². The van der Waals surface area contributed by atoms with Crippen LogP contribution in [0.15, 0.2) is 24.3 Å². The first-order valence-corrected chi connectivity index (χ1v) is 6.05. The summed E-state index contributed by atoms with van der Waals surface area (Å²) in [5.74, 6) is 0.00739. The summed E-state index contributed by atoms with van der Waals surface area (Å²) < 4.78 is 5.54. The minimum absolute atomic E-state index is 0.143. The van der Waals surface area contributed by atoms with Crippen molar-refractivity contribution in [2.45, 2.75) is 32.4 Å². The molecule has 1 aromatic rings. The van der Waals surface area contributed by atoms with E-state index in [1.165, 1.54) is 0 Å². The van der Waals surface area contributed by atoms with Gasteiger partial charge in [-0.25, -0.2) is 0 Å². The smallest absolute Gasteiger partial charge is 0.321 e. The van der Waals surface area contributed by atoms with Gasteiger partial charge in [-0.3, -0.25) is 9.69 Å². The van der Waals surface area contributed by atoms with Crippen molar-refractivity contribution in [1.82, 2.24) is 4.90 Å². The van der Waals surface area contributed by atoms with Gasteiger partial charge < -0.3 is 9.84 Å². The second-order valence-corrected chi connectivity index (χ2v) is 4.83. The molecule has 0 unspecified atom stereocenters. The molecule has 0 amide bonds. The van der Waals surface area contributed by atoms with E-state index < -0.39 is 12.0 Å². The molecule has 0 aliphatic rings. The van der Waals surface area contributed by atoms with Crippen LogP contribution in [0, 0.1) is 0 Å². The van der Waals surface area contributed by atoms with Gasteiger partial charge in [0, 0.05) is 0 Å². The molecule has 0 aliphatic heterocycles. The van der Waals surface area contributed by atoms with Crippen LogP contribution in [0.1, 0.15) is 19.4 Å². The summed E-state index contributed by atoms with van der Waals surface area (Å²) in [7, 11) is 3.55. The van der Waals surface area contributed by atoms with Crippen molar-refractivity contribution in [3.8, 4) is 5.75 Å². The van der Waals surface area contributed by atoms with Crippen molar-refractivity contribution < 1.29 is 14.6 Å². The lowest BCUT2D eigenvalue weighted by molar-refractivity contribution is -0.142. The normalized spacial score (nSPS) is 12.8. The van der Waals surface area contributed by atoms with Gasteiger partial charge in [0.25, 0.3) is 0 Å². The van der Waals surface area contributed by atoms with Gasteiger partial charge in [0.05, 0.1) is 6.10 Å². The first kappa shape index (κ1) is 14.5.